The van der Waals surface area contributed by atoms with Crippen molar-refractivity contribution in [2.45, 2.75) is 19.3 Å². The molecular weight excluding hydrogens is 144 g/mol. The summed E-state index contributed by atoms with van der Waals surface area (Å²) in [7, 11) is 0. The molecule has 0 amide bonds. The molecule has 0 aliphatic heterocycles. The van der Waals surface area contributed by atoms with E-state index in [2.05, 4.69) is 48.6 Å². The minimum absolute atomic E-state index is 0.348. The van der Waals surface area contributed by atoms with E-state index in [1.54, 1.807) is 0 Å². The van der Waals surface area contributed by atoms with Crippen molar-refractivity contribution in [2.75, 3.05) is 0 Å². The van der Waals surface area contributed by atoms with Crippen LogP contribution in [0.2, 0.25) is 0 Å². The predicted molar refractivity (Wildman–Crippen MR) is 52.8 cm³/mol. The first-order valence-electron chi connectivity index (χ1n) is 4.60. The van der Waals surface area contributed by atoms with Gasteiger partial charge in [0.2, 0.25) is 0 Å². The van der Waals surface area contributed by atoms with Crippen molar-refractivity contribution in [2.24, 2.45) is 5.41 Å². The molecule has 0 N–H and O–H groups in total. The highest BCUT2D eigenvalue weighted by Gasteiger charge is 2.23. The molecule has 0 aromatic heterocycles. The van der Waals surface area contributed by atoms with Gasteiger partial charge in [0.1, 0.15) is 0 Å². The first-order valence-corrected chi connectivity index (χ1v) is 4.60. The Hall–Kier alpha value is -1.04. The molecule has 0 unspecified atom stereocenters. The number of allylic oxidation sites excluding steroid dienone is 8. The molecule has 2 aliphatic rings. The van der Waals surface area contributed by atoms with Crippen molar-refractivity contribution in [3.63, 3.8) is 0 Å². The Labute approximate surface area is 74.0 Å². The van der Waals surface area contributed by atoms with E-state index in [9.17, 15) is 0 Å². The molecule has 0 fully saturated rings. The lowest BCUT2D eigenvalue weighted by molar-refractivity contribution is 0.465. The normalized spacial score (nSPS) is 24.7. The van der Waals surface area contributed by atoms with Gasteiger partial charge < -0.3 is 0 Å². The van der Waals surface area contributed by atoms with E-state index in [4.69, 9.17) is 0 Å². The van der Waals surface area contributed by atoms with Crippen molar-refractivity contribution in [1.82, 2.24) is 0 Å². The molecule has 0 nitrogen and oxygen atoms in total. The zero-order chi connectivity index (χ0) is 8.28. The summed E-state index contributed by atoms with van der Waals surface area (Å²) in [4.78, 5) is 0. The third kappa shape index (κ3) is 1.42. The summed E-state index contributed by atoms with van der Waals surface area (Å²) in [6, 6.07) is 0. The molecule has 0 aromatic rings. The minimum Gasteiger partial charge on any atom is -0.0845 e. The highest BCUT2D eigenvalue weighted by Crippen LogP contribution is 2.36. The minimum atomic E-state index is 0.348. The van der Waals surface area contributed by atoms with Crippen LogP contribution in [0.1, 0.15) is 19.3 Å². The molecule has 0 saturated heterocycles. The quantitative estimate of drug-likeness (QED) is 0.507. The van der Waals surface area contributed by atoms with Crippen LogP contribution in [0.5, 0.6) is 0 Å². The van der Waals surface area contributed by atoms with Crippen LogP contribution in [-0.2, 0) is 0 Å². The summed E-state index contributed by atoms with van der Waals surface area (Å²) in [5.74, 6) is 0. The molecule has 0 bridgehead atoms. The van der Waals surface area contributed by atoms with Crippen molar-refractivity contribution >= 4 is 0 Å². The van der Waals surface area contributed by atoms with Crippen LogP contribution >= 0.6 is 0 Å². The van der Waals surface area contributed by atoms with Crippen LogP contribution in [0.3, 0.4) is 0 Å². The topological polar surface area (TPSA) is 0 Å². The summed E-state index contributed by atoms with van der Waals surface area (Å²) in [6.07, 6.45) is 21.4. The van der Waals surface area contributed by atoms with Gasteiger partial charge in [-0.05, 0) is 19.3 Å². The first kappa shape index (κ1) is 7.60. The maximum atomic E-state index is 2.33. The van der Waals surface area contributed by atoms with Gasteiger partial charge in [0.25, 0.3) is 0 Å². The van der Waals surface area contributed by atoms with Crippen LogP contribution in [0, 0.1) is 5.41 Å². The van der Waals surface area contributed by atoms with Gasteiger partial charge in [0, 0.05) is 5.41 Å². The van der Waals surface area contributed by atoms with Gasteiger partial charge in [0.05, 0.1) is 0 Å². The largest absolute Gasteiger partial charge is 0.0845 e. The monoisotopic (exact) mass is 158 g/mol. The maximum absolute atomic E-state index is 2.33. The number of hydrogen-bond acceptors (Lipinski definition) is 0. The summed E-state index contributed by atoms with van der Waals surface area (Å²) >= 11 is 0. The molecule has 0 heterocycles. The Morgan fingerprint density at radius 1 is 0.833 bits per heavy atom. The fourth-order valence-corrected chi connectivity index (χ4v) is 1.85. The second-order valence-electron chi connectivity index (χ2n) is 3.55. The first-order chi connectivity index (χ1) is 5.91. The molecule has 62 valence electrons. The van der Waals surface area contributed by atoms with Crippen LogP contribution < -0.4 is 0 Å². The van der Waals surface area contributed by atoms with E-state index in [0.29, 0.717) is 5.41 Å². The zero-order valence-corrected chi connectivity index (χ0v) is 7.24. The average molecular weight is 158 g/mol. The zero-order valence-electron chi connectivity index (χ0n) is 7.24. The molecule has 0 atom stereocenters. The summed E-state index contributed by atoms with van der Waals surface area (Å²) < 4.78 is 0. The van der Waals surface area contributed by atoms with Crippen molar-refractivity contribution < 1.29 is 0 Å². The molecule has 2 rings (SSSR count). The third-order valence-corrected chi connectivity index (χ3v) is 2.63. The lowest BCUT2D eigenvalue weighted by atomic mass is 9.81. The van der Waals surface area contributed by atoms with Gasteiger partial charge in [-0.3, -0.25) is 0 Å². The Bertz CT molecular complexity index is 252. The van der Waals surface area contributed by atoms with Gasteiger partial charge in [0.15, 0.2) is 0 Å². The molecule has 0 heteroatoms. The SMILES string of the molecule is C1=CCCC2(C=CC=C2)CC=C1. The number of rotatable bonds is 0. The Balaban J connectivity index is 2.17. The van der Waals surface area contributed by atoms with Crippen molar-refractivity contribution in [3.05, 3.63) is 48.6 Å². The second kappa shape index (κ2) is 3.14. The van der Waals surface area contributed by atoms with E-state index in [1.807, 2.05) is 0 Å². The standard InChI is InChI=1S/C12H14/c1-2-4-8-12(9-5-3-1)10-6-7-11-12/h1-4,6-7,10-11H,5,8-9H2. The van der Waals surface area contributed by atoms with Gasteiger partial charge in [-0.2, -0.15) is 0 Å². The number of hydrogen-bond donors (Lipinski definition) is 0. The molecule has 12 heavy (non-hydrogen) atoms. The smallest absolute Gasteiger partial charge is 0.0105 e. The van der Waals surface area contributed by atoms with E-state index in [0.717, 1.165) is 6.42 Å². The lowest BCUT2D eigenvalue weighted by Gasteiger charge is -2.23. The molecule has 0 saturated carbocycles. The van der Waals surface area contributed by atoms with Crippen LogP contribution in [0.25, 0.3) is 0 Å². The highest BCUT2D eigenvalue weighted by molar-refractivity contribution is 5.27. The fourth-order valence-electron chi connectivity index (χ4n) is 1.85. The second-order valence-corrected chi connectivity index (χ2v) is 3.55. The summed E-state index contributed by atoms with van der Waals surface area (Å²) in [5.41, 5.74) is 0.348. The Morgan fingerprint density at radius 2 is 1.58 bits per heavy atom. The average Bonchev–Trinajstić information content (AvgIpc) is 2.47. The van der Waals surface area contributed by atoms with E-state index < -0.39 is 0 Å². The highest BCUT2D eigenvalue weighted by atomic mass is 14.3. The van der Waals surface area contributed by atoms with Crippen molar-refractivity contribution in [3.8, 4) is 0 Å². The fraction of sp³-hybridized carbons (Fsp3) is 0.333. The van der Waals surface area contributed by atoms with Crippen LogP contribution in [0.4, 0.5) is 0 Å². The summed E-state index contributed by atoms with van der Waals surface area (Å²) in [5, 5.41) is 0. The van der Waals surface area contributed by atoms with E-state index in [1.165, 1.54) is 12.8 Å². The Morgan fingerprint density at radius 3 is 2.42 bits per heavy atom. The van der Waals surface area contributed by atoms with Crippen LogP contribution in [-0.4, -0.2) is 0 Å². The lowest BCUT2D eigenvalue weighted by Crippen LogP contribution is -2.11. The van der Waals surface area contributed by atoms with Gasteiger partial charge >= 0.3 is 0 Å². The van der Waals surface area contributed by atoms with Gasteiger partial charge in [-0.1, -0.05) is 48.6 Å². The molecule has 0 aromatic carbocycles. The van der Waals surface area contributed by atoms with Gasteiger partial charge in [-0.15, -0.1) is 0 Å². The Kier molecular flexibility index (Phi) is 1.99. The van der Waals surface area contributed by atoms with Crippen molar-refractivity contribution in [1.29, 1.82) is 0 Å². The third-order valence-electron chi connectivity index (χ3n) is 2.63. The van der Waals surface area contributed by atoms with E-state index in [-0.39, 0.29) is 0 Å². The maximum Gasteiger partial charge on any atom is 0.0105 e. The predicted octanol–water partition coefficient (Wildman–Crippen LogP) is 3.40. The van der Waals surface area contributed by atoms with Crippen LogP contribution in [0.15, 0.2) is 48.6 Å². The van der Waals surface area contributed by atoms with Gasteiger partial charge in [-0.25, -0.2) is 0 Å². The summed E-state index contributed by atoms with van der Waals surface area (Å²) in [6.45, 7) is 0. The molecule has 0 radical (unpaired) electrons. The molecule has 2 aliphatic carbocycles. The van der Waals surface area contributed by atoms with E-state index >= 15 is 0 Å². The molecular formula is C12H14. The molecule has 1 spiro atoms.